The molecule has 0 aliphatic heterocycles. The number of tetrazole rings is 1. The monoisotopic (exact) mass is 217 g/mol. The van der Waals surface area contributed by atoms with Crippen LogP contribution in [0.15, 0.2) is 5.16 Å². The smallest absolute Gasteiger partial charge is 0.209 e. The van der Waals surface area contributed by atoms with E-state index in [0.717, 1.165) is 17.5 Å². The lowest BCUT2D eigenvalue weighted by atomic mass is 10.4. The molecule has 1 atom stereocenters. The second-order valence-electron chi connectivity index (χ2n) is 2.97. The van der Waals surface area contributed by atoms with Gasteiger partial charge in [-0.1, -0.05) is 11.8 Å². The molecule has 14 heavy (non-hydrogen) atoms. The van der Waals surface area contributed by atoms with Crippen molar-refractivity contribution in [3.05, 3.63) is 0 Å². The largest absolute Gasteiger partial charge is 0.395 e. The molecular formula is C7H15N5OS. The van der Waals surface area contributed by atoms with Gasteiger partial charge in [-0.25, -0.2) is 4.68 Å². The molecule has 0 bridgehead atoms. The van der Waals surface area contributed by atoms with Crippen LogP contribution in [0.4, 0.5) is 0 Å². The van der Waals surface area contributed by atoms with Gasteiger partial charge in [0.05, 0.1) is 6.61 Å². The molecule has 2 N–H and O–H groups in total. The van der Waals surface area contributed by atoms with Crippen molar-refractivity contribution < 1.29 is 5.11 Å². The van der Waals surface area contributed by atoms with E-state index in [0.29, 0.717) is 0 Å². The standard InChI is InChI=1S/C7H15N5OS/c1-6(5-13)8-3-4-14-7-9-10-11-12(7)2/h6,8,13H,3-5H2,1-2H3. The molecule has 0 saturated carbocycles. The molecule has 1 rings (SSSR count). The van der Waals surface area contributed by atoms with Gasteiger partial charge < -0.3 is 10.4 Å². The average Bonchev–Trinajstić information content (AvgIpc) is 2.58. The summed E-state index contributed by atoms with van der Waals surface area (Å²) in [6.07, 6.45) is 0. The SMILES string of the molecule is CC(CO)NCCSc1nnnn1C. The van der Waals surface area contributed by atoms with Crippen LogP contribution in [0.3, 0.4) is 0 Å². The van der Waals surface area contributed by atoms with E-state index in [1.165, 1.54) is 0 Å². The predicted molar refractivity (Wildman–Crippen MR) is 54.1 cm³/mol. The van der Waals surface area contributed by atoms with Crippen molar-refractivity contribution in [1.29, 1.82) is 0 Å². The minimum absolute atomic E-state index is 0.147. The number of aliphatic hydroxyl groups excluding tert-OH is 1. The molecule has 0 spiro atoms. The zero-order valence-corrected chi connectivity index (χ0v) is 9.16. The molecule has 0 radical (unpaired) electrons. The minimum atomic E-state index is 0.147. The highest BCUT2D eigenvalue weighted by atomic mass is 32.2. The number of nitrogens with zero attached hydrogens (tertiary/aromatic N) is 4. The lowest BCUT2D eigenvalue weighted by molar-refractivity contribution is 0.254. The van der Waals surface area contributed by atoms with Gasteiger partial charge in [-0.3, -0.25) is 0 Å². The van der Waals surface area contributed by atoms with Gasteiger partial charge in [0.15, 0.2) is 0 Å². The summed E-state index contributed by atoms with van der Waals surface area (Å²) in [5.41, 5.74) is 0. The van der Waals surface area contributed by atoms with Crippen molar-refractivity contribution in [2.75, 3.05) is 18.9 Å². The first-order chi connectivity index (χ1) is 6.74. The fourth-order valence-corrected chi connectivity index (χ4v) is 1.58. The van der Waals surface area contributed by atoms with Gasteiger partial charge >= 0.3 is 0 Å². The molecule has 80 valence electrons. The van der Waals surface area contributed by atoms with Gasteiger partial charge in [0.1, 0.15) is 0 Å². The molecule has 0 aliphatic carbocycles. The van der Waals surface area contributed by atoms with Gasteiger partial charge in [-0.05, 0) is 17.4 Å². The highest BCUT2D eigenvalue weighted by molar-refractivity contribution is 7.99. The fraction of sp³-hybridized carbons (Fsp3) is 0.857. The molecule has 0 saturated heterocycles. The summed E-state index contributed by atoms with van der Waals surface area (Å²) < 4.78 is 1.64. The Morgan fingerprint density at radius 3 is 3.00 bits per heavy atom. The molecule has 6 nitrogen and oxygen atoms in total. The van der Waals surface area contributed by atoms with Crippen molar-refractivity contribution in [2.24, 2.45) is 7.05 Å². The Kier molecular flexibility index (Phi) is 4.85. The number of thioether (sulfide) groups is 1. The second-order valence-corrected chi connectivity index (χ2v) is 4.03. The third kappa shape index (κ3) is 3.60. The molecule has 1 heterocycles. The molecule has 1 aromatic heterocycles. The summed E-state index contributed by atoms with van der Waals surface area (Å²) in [7, 11) is 1.81. The van der Waals surface area contributed by atoms with Crippen molar-refractivity contribution >= 4 is 11.8 Å². The molecule has 7 heteroatoms. The molecule has 0 amide bonds. The third-order valence-corrected chi connectivity index (χ3v) is 2.69. The van der Waals surface area contributed by atoms with Gasteiger partial charge in [0.2, 0.25) is 5.16 Å². The Morgan fingerprint density at radius 1 is 1.64 bits per heavy atom. The summed E-state index contributed by atoms with van der Waals surface area (Å²) in [6, 6.07) is 0.147. The first kappa shape index (κ1) is 11.4. The van der Waals surface area contributed by atoms with E-state index < -0.39 is 0 Å². The van der Waals surface area contributed by atoms with Gasteiger partial charge in [-0.2, -0.15) is 0 Å². The average molecular weight is 217 g/mol. The number of hydrogen-bond acceptors (Lipinski definition) is 6. The van der Waals surface area contributed by atoms with Gasteiger partial charge in [-0.15, -0.1) is 5.10 Å². The summed E-state index contributed by atoms with van der Waals surface area (Å²) in [5, 5.41) is 23.8. The van der Waals surface area contributed by atoms with Gasteiger partial charge in [0.25, 0.3) is 0 Å². The molecule has 1 unspecified atom stereocenters. The maximum Gasteiger partial charge on any atom is 0.209 e. The van der Waals surface area contributed by atoms with Crippen LogP contribution in [0.2, 0.25) is 0 Å². The van der Waals surface area contributed by atoms with Crippen LogP contribution >= 0.6 is 11.8 Å². The molecule has 1 aromatic rings. The van der Waals surface area contributed by atoms with Gasteiger partial charge in [0, 0.05) is 25.4 Å². The third-order valence-electron chi connectivity index (χ3n) is 1.68. The normalized spacial score (nSPS) is 13.1. The number of nitrogens with one attached hydrogen (secondary N) is 1. The van der Waals surface area contributed by atoms with Crippen LogP contribution in [-0.2, 0) is 7.05 Å². The predicted octanol–water partition coefficient (Wildman–Crippen LogP) is -0.727. The molecule has 0 aromatic carbocycles. The molecule has 0 fully saturated rings. The van der Waals surface area contributed by atoms with Crippen LogP contribution in [0.1, 0.15) is 6.92 Å². The maximum atomic E-state index is 8.76. The van der Waals surface area contributed by atoms with E-state index in [1.807, 2.05) is 14.0 Å². The Labute approximate surface area is 87.1 Å². The first-order valence-corrected chi connectivity index (χ1v) is 5.42. The minimum Gasteiger partial charge on any atom is -0.395 e. The quantitative estimate of drug-likeness (QED) is 0.483. The van der Waals surface area contributed by atoms with Crippen LogP contribution in [0.25, 0.3) is 0 Å². The number of rotatable bonds is 6. The van der Waals surface area contributed by atoms with Crippen molar-refractivity contribution in [1.82, 2.24) is 25.5 Å². The van der Waals surface area contributed by atoms with E-state index in [2.05, 4.69) is 20.8 Å². The number of hydrogen-bond donors (Lipinski definition) is 2. The Morgan fingerprint density at radius 2 is 2.43 bits per heavy atom. The van der Waals surface area contributed by atoms with Crippen LogP contribution in [0.5, 0.6) is 0 Å². The van der Waals surface area contributed by atoms with E-state index >= 15 is 0 Å². The Balaban J connectivity index is 2.13. The van der Waals surface area contributed by atoms with E-state index in [1.54, 1.807) is 16.4 Å². The molecular weight excluding hydrogens is 202 g/mol. The van der Waals surface area contributed by atoms with Crippen molar-refractivity contribution in [3.63, 3.8) is 0 Å². The van der Waals surface area contributed by atoms with Crippen LogP contribution in [0, 0.1) is 0 Å². The van der Waals surface area contributed by atoms with E-state index in [-0.39, 0.29) is 12.6 Å². The highest BCUT2D eigenvalue weighted by Gasteiger charge is 2.02. The highest BCUT2D eigenvalue weighted by Crippen LogP contribution is 2.10. The Bertz CT molecular complexity index is 266. The van der Waals surface area contributed by atoms with Crippen LogP contribution in [-0.4, -0.2) is 50.3 Å². The maximum absolute atomic E-state index is 8.76. The second kappa shape index (κ2) is 5.94. The number of aromatic nitrogens is 4. The number of aryl methyl sites for hydroxylation is 1. The van der Waals surface area contributed by atoms with Crippen LogP contribution < -0.4 is 5.32 Å². The van der Waals surface area contributed by atoms with Crippen molar-refractivity contribution in [2.45, 2.75) is 18.1 Å². The zero-order valence-electron chi connectivity index (χ0n) is 8.34. The first-order valence-electron chi connectivity index (χ1n) is 4.43. The summed E-state index contributed by atoms with van der Waals surface area (Å²) in [5.74, 6) is 0.887. The van der Waals surface area contributed by atoms with E-state index in [9.17, 15) is 0 Å². The molecule has 0 aliphatic rings. The summed E-state index contributed by atoms with van der Waals surface area (Å²) in [6.45, 7) is 2.93. The van der Waals surface area contributed by atoms with E-state index in [4.69, 9.17) is 5.11 Å². The summed E-state index contributed by atoms with van der Waals surface area (Å²) in [4.78, 5) is 0. The van der Waals surface area contributed by atoms with Crippen molar-refractivity contribution in [3.8, 4) is 0 Å². The zero-order chi connectivity index (χ0) is 10.4. The fourth-order valence-electron chi connectivity index (χ4n) is 0.856. The lowest BCUT2D eigenvalue weighted by Gasteiger charge is -2.09. The topological polar surface area (TPSA) is 75.9 Å². The Hall–Kier alpha value is -0.660. The number of aliphatic hydroxyl groups is 1. The lowest BCUT2D eigenvalue weighted by Crippen LogP contribution is -2.31. The summed E-state index contributed by atoms with van der Waals surface area (Å²) >= 11 is 1.59.